The van der Waals surface area contributed by atoms with E-state index in [2.05, 4.69) is 93.1 Å². The molecule has 36 heavy (non-hydrogen) atoms. The summed E-state index contributed by atoms with van der Waals surface area (Å²) in [4.78, 5) is 29.1. The molecule has 2 heterocycles. The fourth-order valence-electron chi connectivity index (χ4n) is 6.03. The van der Waals surface area contributed by atoms with Crippen LogP contribution in [-0.2, 0) is 0 Å². The summed E-state index contributed by atoms with van der Waals surface area (Å²) < 4.78 is 0. The molecule has 206 valence electrons. The Labute approximate surface area is 218 Å². The quantitative estimate of drug-likeness (QED) is 0.541. The highest BCUT2D eigenvalue weighted by Gasteiger charge is 2.42. The number of carbonyl (C=O) groups excluding carboxylic acids is 2. The van der Waals surface area contributed by atoms with E-state index in [0.29, 0.717) is 23.4 Å². The van der Waals surface area contributed by atoms with E-state index in [1.165, 1.54) is 25.2 Å². The third kappa shape index (κ3) is 8.26. The maximum atomic E-state index is 10.3. The van der Waals surface area contributed by atoms with Gasteiger partial charge in [0.05, 0.1) is 51.2 Å². The Bertz CT molecular complexity index is 806. The lowest BCUT2D eigenvalue weighted by molar-refractivity contribution is -0.897. The second-order valence-electron chi connectivity index (χ2n) is 12.4. The molecule has 2 fully saturated rings. The first-order chi connectivity index (χ1) is 16.3. The molecule has 6 atom stereocenters. The predicted octanol–water partition coefficient (Wildman–Crippen LogP) is -0.887. The average molecular weight is 507 g/mol. The molecule has 0 spiro atoms. The molecular weight excluding hydrogens is 456 g/mol. The van der Waals surface area contributed by atoms with Gasteiger partial charge < -0.3 is 29.6 Å². The second kappa shape index (κ2) is 12.5. The predicted molar refractivity (Wildman–Crippen MR) is 140 cm³/mol. The molecule has 2 aliphatic rings. The molecule has 1 aromatic rings. The number of nitrogens with one attached hydrogen (secondary N) is 2. The van der Waals surface area contributed by atoms with Crippen LogP contribution in [0.15, 0.2) is 24.3 Å². The monoisotopic (exact) mass is 506 g/mol. The van der Waals surface area contributed by atoms with Gasteiger partial charge in [-0.2, -0.15) is 0 Å². The first-order valence-electron chi connectivity index (χ1n) is 13.0. The zero-order valence-electron chi connectivity index (χ0n) is 24.6. The molecule has 2 N–H and O–H groups in total. The van der Waals surface area contributed by atoms with E-state index >= 15 is 0 Å². The molecule has 2 aliphatic heterocycles. The van der Waals surface area contributed by atoms with Crippen molar-refractivity contribution in [2.75, 3.05) is 27.2 Å². The maximum Gasteiger partial charge on any atom is 0.141 e. The molecule has 8 nitrogen and oxygen atoms in total. The molecule has 0 radical (unpaired) electrons. The molecule has 8 heteroatoms. The van der Waals surface area contributed by atoms with Crippen molar-refractivity contribution in [3.8, 4) is 0 Å². The average Bonchev–Trinajstić information content (AvgIpc) is 3.14. The molecule has 1 aromatic carbocycles. The van der Waals surface area contributed by atoms with Crippen LogP contribution in [0.25, 0.3) is 0 Å². The van der Waals surface area contributed by atoms with Crippen LogP contribution in [0.3, 0.4) is 0 Å². The number of benzene rings is 1. The van der Waals surface area contributed by atoms with Gasteiger partial charge in [0, 0.05) is 36.1 Å². The summed E-state index contributed by atoms with van der Waals surface area (Å²) in [5.74, 6) is -3.04. The van der Waals surface area contributed by atoms with Gasteiger partial charge in [-0.1, -0.05) is 24.3 Å². The van der Waals surface area contributed by atoms with Gasteiger partial charge in [0.1, 0.15) is 12.3 Å². The largest absolute Gasteiger partial charge is 0.545 e. The van der Waals surface area contributed by atoms with Gasteiger partial charge in [0.25, 0.3) is 0 Å². The summed E-state index contributed by atoms with van der Waals surface area (Å²) in [5.41, 5.74) is -0.0947. The minimum atomic E-state index is -1.52. The van der Waals surface area contributed by atoms with Crippen LogP contribution < -0.4 is 20.0 Å². The zero-order chi connectivity index (χ0) is 28.2. The third-order valence-electron chi connectivity index (χ3n) is 7.36. The van der Waals surface area contributed by atoms with Crippen molar-refractivity contribution in [3.05, 3.63) is 35.4 Å². The molecule has 6 unspecified atom stereocenters. The maximum absolute atomic E-state index is 10.3. The normalized spacial score (nSPS) is 29.1. The Morgan fingerprint density at radius 2 is 1.00 bits per heavy atom. The van der Waals surface area contributed by atoms with Gasteiger partial charge in [0.15, 0.2) is 0 Å². The van der Waals surface area contributed by atoms with Gasteiger partial charge in [-0.15, -0.1) is 0 Å². The minimum absolute atomic E-state index is 0.316. The number of carbonyl (C=O) groups is 2. The summed E-state index contributed by atoms with van der Waals surface area (Å²) in [5, 5.41) is 20.6. The number of carboxylic acids is 2. The van der Waals surface area contributed by atoms with Crippen LogP contribution >= 0.6 is 0 Å². The molecule has 3 rings (SSSR count). The van der Waals surface area contributed by atoms with Gasteiger partial charge in [0.2, 0.25) is 0 Å². The summed E-state index contributed by atoms with van der Waals surface area (Å²) in [6, 6.07) is 6.58. The van der Waals surface area contributed by atoms with E-state index < -0.39 is 11.9 Å². The lowest BCUT2D eigenvalue weighted by Crippen LogP contribution is -3.11. The summed E-state index contributed by atoms with van der Waals surface area (Å²) in [6.07, 6.45) is 1.33. The van der Waals surface area contributed by atoms with Gasteiger partial charge in [-0.25, -0.2) is 9.80 Å². The molecule has 0 aromatic heterocycles. The van der Waals surface area contributed by atoms with Crippen LogP contribution in [0.2, 0.25) is 0 Å². The first kappa shape index (κ1) is 32.0. The van der Waals surface area contributed by atoms with Gasteiger partial charge in [-0.05, 0) is 55.4 Å². The molecule has 0 saturated carbocycles. The van der Waals surface area contributed by atoms with Crippen molar-refractivity contribution in [1.82, 2.24) is 9.80 Å². The highest BCUT2D eigenvalue weighted by Crippen LogP contribution is 2.21. The number of rotatable bonds is 2. The van der Waals surface area contributed by atoms with Crippen molar-refractivity contribution in [1.29, 1.82) is 0 Å². The summed E-state index contributed by atoms with van der Waals surface area (Å²) in [7, 11) is 4.57. The molecule has 0 bridgehead atoms. The SMILES string of the molecule is CC1C[NH+](C)C(C)N1C(C)(C)C.CC1C[NH+](C)C(C)N1C(C)(C)C.O=C([O-])c1ccccc1C(=O)[O-]. The first-order valence-corrected chi connectivity index (χ1v) is 13.0. The smallest absolute Gasteiger partial charge is 0.141 e. The zero-order valence-corrected chi connectivity index (χ0v) is 24.6. The Hall–Kier alpha value is -2.00. The van der Waals surface area contributed by atoms with E-state index in [1.54, 1.807) is 9.80 Å². The standard InChI is InChI=1S/2C10H22N2.C8H6O4/c2*1-8-7-11(6)9(2)12(8)10(3,4)5;9-7(10)5-3-1-2-4-6(5)8(11)12/h2*8-9H,7H2,1-6H3;1-4H,(H,9,10)(H,11,12). The number of aromatic carboxylic acids is 2. The van der Waals surface area contributed by atoms with Crippen LogP contribution in [0.5, 0.6) is 0 Å². The number of nitrogens with zero attached hydrogens (tertiary/aromatic N) is 2. The summed E-state index contributed by atoms with van der Waals surface area (Å²) >= 11 is 0. The highest BCUT2D eigenvalue weighted by molar-refractivity contribution is 5.99. The number of quaternary nitrogens is 2. The Balaban J connectivity index is 0.000000270. The lowest BCUT2D eigenvalue weighted by atomic mass is 10.0. The Morgan fingerprint density at radius 3 is 1.14 bits per heavy atom. The molecule has 2 saturated heterocycles. The van der Waals surface area contributed by atoms with Crippen molar-refractivity contribution < 1.29 is 29.6 Å². The van der Waals surface area contributed by atoms with Crippen LogP contribution in [-0.4, -0.2) is 84.4 Å². The van der Waals surface area contributed by atoms with Crippen molar-refractivity contribution in [3.63, 3.8) is 0 Å². The third-order valence-corrected chi connectivity index (χ3v) is 7.36. The fraction of sp³-hybridized carbons (Fsp3) is 0.714. The van der Waals surface area contributed by atoms with Gasteiger partial charge >= 0.3 is 0 Å². The molecule has 0 amide bonds. The van der Waals surface area contributed by atoms with Crippen molar-refractivity contribution in [2.45, 2.75) is 105 Å². The van der Waals surface area contributed by atoms with Crippen molar-refractivity contribution in [2.24, 2.45) is 0 Å². The van der Waals surface area contributed by atoms with Crippen molar-refractivity contribution >= 4 is 11.9 Å². The lowest BCUT2D eigenvalue weighted by Gasteiger charge is -2.36. The Kier molecular flexibility index (Phi) is 11.1. The van der Waals surface area contributed by atoms with E-state index in [-0.39, 0.29) is 11.1 Å². The van der Waals surface area contributed by atoms with Gasteiger partial charge in [-0.3, -0.25) is 0 Å². The van der Waals surface area contributed by atoms with E-state index in [0.717, 1.165) is 24.2 Å². The van der Waals surface area contributed by atoms with Crippen LogP contribution in [0.4, 0.5) is 0 Å². The van der Waals surface area contributed by atoms with Crippen LogP contribution in [0.1, 0.15) is 90.0 Å². The molecule has 0 aliphatic carbocycles. The fourth-order valence-corrected chi connectivity index (χ4v) is 6.03. The topological polar surface area (TPSA) is 95.6 Å². The van der Waals surface area contributed by atoms with E-state index in [1.807, 2.05) is 0 Å². The number of likely N-dealkylation sites (N-methyl/N-ethyl adjacent to an activating group) is 2. The summed E-state index contributed by atoms with van der Waals surface area (Å²) in [6.45, 7) is 25.7. The Morgan fingerprint density at radius 1 is 0.722 bits per heavy atom. The number of hydrogen-bond donors (Lipinski definition) is 2. The molecular formula is C28H50N4O4. The minimum Gasteiger partial charge on any atom is -0.545 e. The number of hydrogen-bond acceptors (Lipinski definition) is 6. The van der Waals surface area contributed by atoms with E-state index in [4.69, 9.17) is 0 Å². The highest BCUT2D eigenvalue weighted by atomic mass is 16.4. The second-order valence-corrected chi connectivity index (χ2v) is 12.4. The van der Waals surface area contributed by atoms with Crippen LogP contribution in [0, 0.1) is 0 Å². The van der Waals surface area contributed by atoms with E-state index in [9.17, 15) is 19.8 Å². The number of carboxylic acid groups (broad SMARTS) is 2.